The van der Waals surface area contributed by atoms with E-state index in [0.29, 0.717) is 19.0 Å². The monoisotopic (exact) mass is 299 g/mol. The van der Waals surface area contributed by atoms with Gasteiger partial charge in [-0.2, -0.15) is 0 Å². The second-order valence-corrected chi connectivity index (χ2v) is 5.63. The highest BCUT2D eigenvalue weighted by atomic mass is 16.5. The molecule has 1 atom stereocenters. The molecular formula is C17H21N3O2. The van der Waals surface area contributed by atoms with E-state index in [1.165, 1.54) is 0 Å². The zero-order chi connectivity index (χ0) is 15.2. The highest BCUT2D eigenvalue weighted by molar-refractivity contribution is 5.84. The van der Waals surface area contributed by atoms with Crippen LogP contribution in [0.15, 0.2) is 36.5 Å². The summed E-state index contributed by atoms with van der Waals surface area (Å²) in [6.45, 7) is 2.67. The highest BCUT2D eigenvalue weighted by Crippen LogP contribution is 2.16. The summed E-state index contributed by atoms with van der Waals surface area (Å²) < 4.78 is 5.41. The van der Waals surface area contributed by atoms with Gasteiger partial charge in [-0.05, 0) is 30.2 Å². The van der Waals surface area contributed by atoms with Crippen LogP contribution in [0.5, 0.6) is 0 Å². The first-order chi connectivity index (χ1) is 10.8. The van der Waals surface area contributed by atoms with Crippen LogP contribution in [0, 0.1) is 5.92 Å². The van der Waals surface area contributed by atoms with Crippen LogP contribution in [-0.2, 0) is 11.3 Å². The highest BCUT2D eigenvalue weighted by Gasteiger charge is 2.14. The summed E-state index contributed by atoms with van der Waals surface area (Å²) >= 11 is 0. The zero-order valence-electron chi connectivity index (χ0n) is 12.5. The number of pyridine rings is 1. The maximum Gasteiger partial charge on any atom is 0.315 e. The van der Waals surface area contributed by atoms with Crippen molar-refractivity contribution in [3.63, 3.8) is 0 Å². The first-order valence-electron chi connectivity index (χ1n) is 7.75. The number of carbonyl (C=O) groups excluding carboxylic acids is 1. The average Bonchev–Trinajstić information content (AvgIpc) is 2.59. The van der Waals surface area contributed by atoms with Crippen molar-refractivity contribution in [2.45, 2.75) is 19.4 Å². The van der Waals surface area contributed by atoms with E-state index >= 15 is 0 Å². The lowest BCUT2D eigenvalue weighted by atomic mass is 10.0. The van der Waals surface area contributed by atoms with Crippen LogP contribution in [0.1, 0.15) is 18.5 Å². The second-order valence-electron chi connectivity index (χ2n) is 5.63. The molecule has 1 aliphatic heterocycles. The van der Waals surface area contributed by atoms with Crippen LogP contribution >= 0.6 is 0 Å². The molecule has 2 heterocycles. The number of carbonyl (C=O) groups is 1. The van der Waals surface area contributed by atoms with Crippen molar-refractivity contribution in [1.82, 2.24) is 15.6 Å². The Hall–Kier alpha value is -2.14. The van der Waals surface area contributed by atoms with Gasteiger partial charge >= 0.3 is 6.03 Å². The van der Waals surface area contributed by atoms with Crippen LogP contribution in [-0.4, -0.2) is 30.8 Å². The fraction of sp³-hybridized carbons (Fsp3) is 0.412. The fourth-order valence-electron chi connectivity index (χ4n) is 2.76. The van der Waals surface area contributed by atoms with E-state index in [-0.39, 0.29) is 6.03 Å². The van der Waals surface area contributed by atoms with Gasteiger partial charge in [0.1, 0.15) is 0 Å². The third kappa shape index (κ3) is 3.74. The van der Waals surface area contributed by atoms with Gasteiger partial charge in [0.15, 0.2) is 0 Å². The molecule has 1 aromatic carbocycles. The first kappa shape index (κ1) is 14.8. The van der Waals surface area contributed by atoms with Gasteiger partial charge in [-0.15, -0.1) is 0 Å². The third-order valence-corrected chi connectivity index (χ3v) is 3.98. The molecule has 1 saturated heterocycles. The fourth-order valence-corrected chi connectivity index (χ4v) is 2.76. The minimum Gasteiger partial charge on any atom is -0.381 e. The molecule has 0 bridgehead atoms. The molecule has 0 unspecified atom stereocenters. The molecule has 2 aromatic rings. The lowest BCUT2D eigenvalue weighted by Gasteiger charge is -2.22. The summed E-state index contributed by atoms with van der Waals surface area (Å²) in [6.07, 6.45) is 3.97. The van der Waals surface area contributed by atoms with Crippen molar-refractivity contribution in [2.24, 2.45) is 5.92 Å². The van der Waals surface area contributed by atoms with Gasteiger partial charge in [-0.3, -0.25) is 4.98 Å². The molecule has 22 heavy (non-hydrogen) atoms. The predicted molar refractivity (Wildman–Crippen MR) is 85.5 cm³/mol. The number of fused-ring (bicyclic) bond motifs is 1. The Balaban J connectivity index is 1.51. The van der Waals surface area contributed by atoms with E-state index in [2.05, 4.69) is 15.6 Å². The zero-order valence-corrected chi connectivity index (χ0v) is 12.5. The Morgan fingerprint density at radius 3 is 3.05 bits per heavy atom. The van der Waals surface area contributed by atoms with Crippen LogP contribution in [0.2, 0.25) is 0 Å². The summed E-state index contributed by atoms with van der Waals surface area (Å²) in [4.78, 5) is 16.3. The standard InChI is InChI=1S/C17H21N3O2/c21-17(19-10-13-4-3-9-22-12-13)20-11-16-15-6-2-1-5-14(15)7-8-18-16/h1-2,5-8,13H,3-4,9-12H2,(H2,19,20,21)/t13-/m1/s1. The van der Waals surface area contributed by atoms with Gasteiger partial charge in [0, 0.05) is 24.7 Å². The maximum absolute atomic E-state index is 11.9. The number of ether oxygens (including phenoxy) is 1. The van der Waals surface area contributed by atoms with Crippen LogP contribution in [0.3, 0.4) is 0 Å². The molecule has 3 rings (SSSR count). The van der Waals surface area contributed by atoms with E-state index in [4.69, 9.17) is 4.74 Å². The molecular weight excluding hydrogens is 278 g/mol. The van der Waals surface area contributed by atoms with E-state index in [9.17, 15) is 4.79 Å². The van der Waals surface area contributed by atoms with Crippen molar-refractivity contribution in [3.8, 4) is 0 Å². The van der Waals surface area contributed by atoms with Crippen LogP contribution < -0.4 is 10.6 Å². The van der Waals surface area contributed by atoms with Crippen molar-refractivity contribution >= 4 is 16.8 Å². The normalized spacial score (nSPS) is 18.1. The summed E-state index contributed by atoms with van der Waals surface area (Å²) in [7, 11) is 0. The lowest BCUT2D eigenvalue weighted by Crippen LogP contribution is -2.39. The van der Waals surface area contributed by atoms with Crippen LogP contribution in [0.4, 0.5) is 4.79 Å². The Labute approximate surface area is 130 Å². The molecule has 2 N–H and O–H groups in total. The van der Waals surface area contributed by atoms with Crippen molar-refractivity contribution in [3.05, 3.63) is 42.2 Å². The van der Waals surface area contributed by atoms with Gasteiger partial charge < -0.3 is 15.4 Å². The molecule has 2 amide bonds. The van der Waals surface area contributed by atoms with Gasteiger partial charge in [-0.1, -0.05) is 24.3 Å². The Kier molecular flexibility index (Phi) is 4.85. The number of hydrogen-bond acceptors (Lipinski definition) is 3. The Morgan fingerprint density at radius 1 is 1.27 bits per heavy atom. The van der Waals surface area contributed by atoms with Crippen molar-refractivity contribution < 1.29 is 9.53 Å². The molecule has 1 aromatic heterocycles. The quantitative estimate of drug-likeness (QED) is 0.911. The average molecular weight is 299 g/mol. The van der Waals surface area contributed by atoms with E-state index in [0.717, 1.165) is 42.5 Å². The largest absolute Gasteiger partial charge is 0.381 e. The SMILES string of the molecule is O=C(NCc1nccc2ccccc12)NC[C@H]1CCCOC1. The molecule has 5 heteroatoms. The molecule has 0 radical (unpaired) electrons. The topological polar surface area (TPSA) is 63.2 Å². The Morgan fingerprint density at radius 2 is 2.18 bits per heavy atom. The third-order valence-electron chi connectivity index (χ3n) is 3.98. The van der Waals surface area contributed by atoms with E-state index in [1.807, 2.05) is 30.3 Å². The minimum atomic E-state index is -0.152. The van der Waals surface area contributed by atoms with Gasteiger partial charge in [0.25, 0.3) is 0 Å². The number of amides is 2. The second kappa shape index (κ2) is 7.22. The van der Waals surface area contributed by atoms with Gasteiger partial charge in [0.05, 0.1) is 18.8 Å². The number of rotatable bonds is 4. The number of hydrogen-bond donors (Lipinski definition) is 2. The number of benzene rings is 1. The summed E-state index contributed by atoms with van der Waals surface area (Å²) in [6, 6.07) is 9.87. The molecule has 1 aliphatic rings. The molecule has 116 valence electrons. The summed E-state index contributed by atoms with van der Waals surface area (Å²) in [5.74, 6) is 0.426. The number of urea groups is 1. The van der Waals surface area contributed by atoms with Gasteiger partial charge in [-0.25, -0.2) is 4.79 Å². The van der Waals surface area contributed by atoms with Gasteiger partial charge in [0.2, 0.25) is 0 Å². The van der Waals surface area contributed by atoms with Crippen molar-refractivity contribution in [1.29, 1.82) is 0 Å². The molecule has 0 aliphatic carbocycles. The molecule has 5 nitrogen and oxygen atoms in total. The van der Waals surface area contributed by atoms with E-state index < -0.39 is 0 Å². The number of nitrogens with zero attached hydrogens (tertiary/aromatic N) is 1. The summed E-state index contributed by atoms with van der Waals surface area (Å²) in [5.41, 5.74) is 0.884. The number of aromatic nitrogens is 1. The Bertz CT molecular complexity index is 633. The molecule has 0 saturated carbocycles. The predicted octanol–water partition coefficient (Wildman–Crippen LogP) is 2.46. The molecule has 0 spiro atoms. The smallest absolute Gasteiger partial charge is 0.315 e. The summed E-state index contributed by atoms with van der Waals surface area (Å²) in [5, 5.41) is 8.00. The molecule has 1 fully saturated rings. The van der Waals surface area contributed by atoms with E-state index in [1.54, 1.807) is 6.20 Å². The lowest BCUT2D eigenvalue weighted by molar-refractivity contribution is 0.0557. The minimum absolute atomic E-state index is 0.152. The van der Waals surface area contributed by atoms with Crippen molar-refractivity contribution in [2.75, 3.05) is 19.8 Å². The first-order valence-corrected chi connectivity index (χ1v) is 7.75. The van der Waals surface area contributed by atoms with Crippen LogP contribution in [0.25, 0.3) is 10.8 Å². The number of nitrogens with one attached hydrogen (secondary N) is 2. The maximum atomic E-state index is 11.9.